The molecule has 0 bridgehead atoms. The maximum atomic E-state index is 12.9. The zero-order valence-corrected chi connectivity index (χ0v) is 19.6. The van der Waals surface area contributed by atoms with Gasteiger partial charge in [0.25, 0.3) is 5.91 Å². The number of halogens is 2. The summed E-state index contributed by atoms with van der Waals surface area (Å²) in [5.41, 5.74) is 3.18. The Labute approximate surface area is 197 Å². The number of hydrogen-bond acceptors (Lipinski definition) is 4. The number of carbonyl (C=O) groups excluding carboxylic acids is 1. The summed E-state index contributed by atoms with van der Waals surface area (Å²) in [6.45, 7) is 6.30. The number of rotatable bonds is 6. The Morgan fingerprint density at radius 3 is 2.58 bits per heavy atom. The van der Waals surface area contributed by atoms with Crippen molar-refractivity contribution in [2.24, 2.45) is 0 Å². The lowest BCUT2D eigenvalue weighted by molar-refractivity contribution is 0.0633. The van der Waals surface area contributed by atoms with Crippen LogP contribution in [-0.4, -0.2) is 41.9 Å². The second-order valence-electron chi connectivity index (χ2n) is 7.68. The second kappa shape index (κ2) is 10.0. The quantitative estimate of drug-likeness (QED) is 0.445. The first-order chi connectivity index (χ1) is 15.0. The topological polar surface area (TPSA) is 32.8 Å². The molecule has 4 rings (SSSR count). The lowest BCUT2D eigenvalue weighted by atomic mass is 10.2. The number of hydrogen-bond donors (Lipinski definition) is 0. The van der Waals surface area contributed by atoms with E-state index in [0.29, 0.717) is 29.7 Å². The molecule has 3 aromatic rings. The summed E-state index contributed by atoms with van der Waals surface area (Å²) < 4.78 is 5.91. The molecule has 1 fully saturated rings. The van der Waals surface area contributed by atoms with Gasteiger partial charge in [-0.1, -0.05) is 47.5 Å². The fraction of sp³-hybridized carbons (Fsp3) is 0.292. The van der Waals surface area contributed by atoms with Crippen LogP contribution in [0.25, 0.3) is 0 Å². The molecular weight excluding hydrogens is 451 g/mol. The third kappa shape index (κ3) is 5.60. The Kier molecular flexibility index (Phi) is 7.18. The summed E-state index contributed by atoms with van der Waals surface area (Å²) in [6, 6.07) is 15.5. The van der Waals surface area contributed by atoms with E-state index in [0.717, 1.165) is 47.0 Å². The van der Waals surface area contributed by atoms with Crippen LogP contribution in [0.1, 0.15) is 26.4 Å². The normalized spacial score (nSPS) is 14.6. The van der Waals surface area contributed by atoms with Gasteiger partial charge in [0, 0.05) is 48.3 Å². The van der Waals surface area contributed by atoms with Crippen molar-refractivity contribution in [2.45, 2.75) is 20.1 Å². The SMILES string of the molecule is Cc1ccccc1OCc1csc(C(=O)N2CCN(Cc3ccc(Cl)cc3Cl)CC2)c1. The molecule has 1 aromatic heterocycles. The van der Waals surface area contributed by atoms with E-state index < -0.39 is 0 Å². The Hall–Kier alpha value is -2.05. The molecule has 2 heterocycles. The third-order valence-corrected chi connectivity index (χ3v) is 6.97. The first-order valence-electron chi connectivity index (χ1n) is 10.2. The molecule has 0 aliphatic carbocycles. The molecule has 1 saturated heterocycles. The Morgan fingerprint density at radius 1 is 1.06 bits per heavy atom. The van der Waals surface area contributed by atoms with Crippen molar-refractivity contribution in [3.05, 3.63) is 85.5 Å². The molecule has 4 nitrogen and oxygen atoms in total. The molecule has 0 unspecified atom stereocenters. The van der Waals surface area contributed by atoms with Crippen molar-refractivity contribution in [1.29, 1.82) is 0 Å². The van der Waals surface area contributed by atoms with E-state index in [1.54, 1.807) is 6.07 Å². The van der Waals surface area contributed by atoms with Gasteiger partial charge in [-0.3, -0.25) is 9.69 Å². The zero-order valence-electron chi connectivity index (χ0n) is 17.3. The van der Waals surface area contributed by atoms with Gasteiger partial charge in [0.1, 0.15) is 12.4 Å². The highest BCUT2D eigenvalue weighted by Gasteiger charge is 2.23. The van der Waals surface area contributed by atoms with Crippen molar-refractivity contribution in [3.63, 3.8) is 0 Å². The van der Waals surface area contributed by atoms with E-state index in [1.165, 1.54) is 11.3 Å². The Morgan fingerprint density at radius 2 is 1.84 bits per heavy atom. The molecule has 0 atom stereocenters. The van der Waals surface area contributed by atoms with Crippen molar-refractivity contribution >= 4 is 40.4 Å². The van der Waals surface area contributed by atoms with Crippen LogP contribution in [0.5, 0.6) is 5.75 Å². The average Bonchev–Trinajstić information content (AvgIpc) is 3.24. The van der Waals surface area contributed by atoms with Crippen LogP contribution in [0.4, 0.5) is 0 Å². The first kappa shape index (κ1) is 22.2. The van der Waals surface area contributed by atoms with Crippen molar-refractivity contribution in [3.8, 4) is 5.75 Å². The number of nitrogens with zero attached hydrogens (tertiary/aromatic N) is 2. The summed E-state index contributed by atoms with van der Waals surface area (Å²) in [7, 11) is 0. The van der Waals surface area contributed by atoms with E-state index in [2.05, 4.69) is 4.90 Å². The third-order valence-electron chi connectivity index (χ3n) is 5.42. The van der Waals surface area contributed by atoms with Crippen LogP contribution >= 0.6 is 34.5 Å². The number of benzene rings is 2. The molecule has 0 radical (unpaired) electrons. The predicted octanol–water partition coefficient (Wildman–Crippen LogP) is 5.90. The molecule has 1 aliphatic heterocycles. The van der Waals surface area contributed by atoms with Crippen LogP contribution < -0.4 is 4.74 Å². The number of aryl methyl sites for hydroxylation is 1. The minimum Gasteiger partial charge on any atom is -0.489 e. The monoisotopic (exact) mass is 474 g/mol. The number of piperazine rings is 1. The zero-order chi connectivity index (χ0) is 21.8. The lowest BCUT2D eigenvalue weighted by Gasteiger charge is -2.34. The van der Waals surface area contributed by atoms with Crippen LogP contribution in [0.2, 0.25) is 10.0 Å². The van der Waals surface area contributed by atoms with Gasteiger partial charge in [0.05, 0.1) is 4.88 Å². The van der Waals surface area contributed by atoms with Gasteiger partial charge in [-0.05, 0) is 47.7 Å². The highest BCUT2D eigenvalue weighted by Crippen LogP contribution is 2.24. The van der Waals surface area contributed by atoms with Gasteiger partial charge in [-0.2, -0.15) is 0 Å². The van der Waals surface area contributed by atoms with Crippen molar-refractivity contribution < 1.29 is 9.53 Å². The van der Waals surface area contributed by atoms with E-state index in [-0.39, 0.29) is 5.91 Å². The molecule has 0 saturated carbocycles. The second-order valence-corrected chi connectivity index (χ2v) is 9.43. The average molecular weight is 475 g/mol. The molecule has 1 aliphatic rings. The molecule has 31 heavy (non-hydrogen) atoms. The number of amides is 1. The number of para-hydroxylation sites is 1. The molecule has 162 valence electrons. The number of thiophene rings is 1. The van der Waals surface area contributed by atoms with Crippen molar-refractivity contribution in [1.82, 2.24) is 9.80 Å². The summed E-state index contributed by atoms with van der Waals surface area (Å²) >= 11 is 13.8. The van der Waals surface area contributed by atoms with Crippen LogP contribution in [0.15, 0.2) is 53.9 Å². The molecular formula is C24H24Cl2N2O2S. The minimum atomic E-state index is 0.0938. The molecule has 1 amide bonds. The fourth-order valence-electron chi connectivity index (χ4n) is 3.60. The van der Waals surface area contributed by atoms with E-state index >= 15 is 0 Å². The molecule has 2 aromatic carbocycles. The van der Waals surface area contributed by atoms with Gasteiger partial charge < -0.3 is 9.64 Å². The van der Waals surface area contributed by atoms with E-state index in [4.69, 9.17) is 27.9 Å². The maximum absolute atomic E-state index is 12.9. The summed E-state index contributed by atoms with van der Waals surface area (Å²) in [5.74, 6) is 0.967. The predicted molar refractivity (Wildman–Crippen MR) is 127 cm³/mol. The van der Waals surface area contributed by atoms with Gasteiger partial charge in [0.2, 0.25) is 0 Å². The van der Waals surface area contributed by atoms with Crippen LogP contribution in [-0.2, 0) is 13.2 Å². The van der Waals surface area contributed by atoms with Crippen LogP contribution in [0.3, 0.4) is 0 Å². The largest absolute Gasteiger partial charge is 0.489 e. The van der Waals surface area contributed by atoms with Gasteiger partial charge >= 0.3 is 0 Å². The maximum Gasteiger partial charge on any atom is 0.264 e. The highest BCUT2D eigenvalue weighted by molar-refractivity contribution is 7.12. The van der Waals surface area contributed by atoms with Gasteiger partial charge in [0.15, 0.2) is 0 Å². The lowest BCUT2D eigenvalue weighted by Crippen LogP contribution is -2.48. The molecule has 0 spiro atoms. The summed E-state index contributed by atoms with van der Waals surface area (Å²) in [4.78, 5) is 17.9. The van der Waals surface area contributed by atoms with Crippen LogP contribution in [0, 0.1) is 6.92 Å². The van der Waals surface area contributed by atoms with Crippen molar-refractivity contribution in [2.75, 3.05) is 26.2 Å². The van der Waals surface area contributed by atoms with E-state index in [9.17, 15) is 4.79 Å². The highest BCUT2D eigenvalue weighted by atomic mass is 35.5. The number of ether oxygens (including phenoxy) is 1. The van der Waals surface area contributed by atoms with Gasteiger partial charge in [-0.25, -0.2) is 0 Å². The van der Waals surface area contributed by atoms with Gasteiger partial charge in [-0.15, -0.1) is 11.3 Å². The molecule has 0 N–H and O–H groups in total. The minimum absolute atomic E-state index is 0.0938. The first-order valence-corrected chi connectivity index (χ1v) is 11.8. The Balaban J connectivity index is 1.29. The number of carbonyl (C=O) groups is 1. The Bertz CT molecular complexity index is 1060. The van der Waals surface area contributed by atoms with E-state index in [1.807, 2.05) is 59.7 Å². The standard InChI is InChI=1S/C24H24Cl2N2O2S/c1-17-4-2-3-5-22(17)30-15-18-12-23(31-16-18)24(29)28-10-8-27(9-11-28)14-19-6-7-20(25)13-21(19)26/h2-7,12-13,16H,8-11,14-15H2,1H3. The molecule has 7 heteroatoms. The summed E-state index contributed by atoms with van der Waals surface area (Å²) in [6.07, 6.45) is 0. The summed E-state index contributed by atoms with van der Waals surface area (Å²) in [5, 5.41) is 3.33. The smallest absolute Gasteiger partial charge is 0.264 e. The fourth-order valence-corrected chi connectivity index (χ4v) is 4.93.